The second-order valence-electron chi connectivity index (χ2n) is 4.12. The third kappa shape index (κ3) is 4.63. The van der Waals surface area contributed by atoms with Crippen LogP contribution in [-0.2, 0) is 4.79 Å². The number of carbonyl (C=O) groups excluding carboxylic acids is 1. The molecule has 0 radical (unpaired) electrons. The molecule has 0 heterocycles. The number of ketones is 1. The van der Waals surface area contributed by atoms with Crippen molar-refractivity contribution in [3.05, 3.63) is 30.3 Å². The van der Waals surface area contributed by atoms with E-state index in [0.717, 1.165) is 6.42 Å². The van der Waals surface area contributed by atoms with E-state index in [9.17, 15) is 4.79 Å². The van der Waals surface area contributed by atoms with Crippen LogP contribution in [0.3, 0.4) is 0 Å². The fraction of sp³-hybridized carbons (Fsp3) is 0.462. The number of hydrogen-bond acceptors (Lipinski definition) is 1. The summed E-state index contributed by atoms with van der Waals surface area (Å²) in [4.78, 5) is 11.7. The van der Waals surface area contributed by atoms with Crippen molar-refractivity contribution in [3.63, 3.8) is 0 Å². The van der Waals surface area contributed by atoms with Crippen molar-refractivity contribution < 1.29 is 4.79 Å². The predicted molar refractivity (Wildman–Crippen MR) is 65.7 cm³/mol. The Balaban J connectivity index is 2.63. The summed E-state index contributed by atoms with van der Waals surface area (Å²) in [6, 6.07) is 10.5. The zero-order chi connectivity index (χ0) is 11.3. The normalized spacial score (nSPS) is 12.8. The van der Waals surface area contributed by atoms with Gasteiger partial charge in [0.05, 0.1) is 0 Å². The molecule has 0 aromatic heterocycles. The van der Waals surface area contributed by atoms with Gasteiger partial charge in [-0.25, -0.2) is 0 Å². The first-order chi connectivity index (χ1) is 7.09. The van der Waals surface area contributed by atoms with E-state index in [4.69, 9.17) is 0 Å². The zero-order valence-electron chi connectivity index (χ0n) is 9.57. The van der Waals surface area contributed by atoms with Crippen molar-refractivity contribution in [1.29, 1.82) is 0 Å². The molecule has 0 N–H and O–H groups in total. The fourth-order valence-corrected chi connectivity index (χ4v) is 4.00. The van der Waals surface area contributed by atoms with Gasteiger partial charge in [0.1, 0.15) is 0 Å². The summed E-state index contributed by atoms with van der Waals surface area (Å²) in [5.74, 6) is 0.903. The van der Waals surface area contributed by atoms with Gasteiger partial charge in [-0.1, -0.05) is 0 Å². The van der Waals surface area contributed by atoms with Crippen LogP contribution in [0.25, 0.3) is 0 Å². The number of carbonyl (C=O) groups is 1. The molecule has 0 fully saturated rings. The van der Waals surface area contributed by atoms with E-state index in [-0.39, 0.29) is 0 Å². The summed E-state index contributed by atoms with van der Waals surface area (Å²) in [6.45, 7) is 6.10. The van der Waals surface area contributed by atoms with E-state index in [0.29, 0.717) is 31.5 Å². The predicted octanol–water partition coefficient (Wildman–Crippen LogP) is 2.44. The van der Waals surface area contributed by atoms with Gasteiger partial charge in [0, 0.05) is 0 Å². The van der Waals surface area contributed by atoms with Crippen molar-refractivity contribution in [1.82, 2.24) is 0 Å². The number of benzene rings is 1. The molecule has 1 unspecified atom stereocenters. The molecule has 0 bridgehead atoms. The van der Waals surface area contributed by atoms with Gasteiger partial charge in [0.25, 0.3) is 0 Å². The molecular weight excluding hydrogens is 251 g/mol. The van der Waals surface area contributed by atoms with Crippen molar-refractivity contribution in [2.75, 3.05) is 0 Å². The molecule has 82 valence electrons. The zero-order valence-corrected chi connectivity index (χ0v) is 11.3. The minimum absolute atomic E-state index is 0.312. The van der Waals surface area contributed by atoms with Gasteiger partial charge in [0.2, 0.25) is 0 Å². The summed E-state index contributed by atoms with van der Waals surface area (Å²) >= 11 is 0.418. The van der Waals surface area contributed by atoms with Crippen LogP contribution < -0.4 is 4.46 Å². The first-order valence-corrected chi connectivity index (χ1v) is 7.15. The number of hydrogen-bond donors (Lipinski definition) is 0. The Morgan fingerprint density at radius 2 is 1.87 bits per heavy atom. The Labute approximate surface area is 98.4 Å². The quantitative estimate of drug-likeness (QED) is 0.750. The van der Waals surface area contributed by atoms with Crippen molar-refractivity contribution in [3.8, 4) is 0 Å². The van der Waals surface area contributed by atoms with Crippen molar-refractivity contribution in [2.24, 2.45) is 5.92 Å². The molecule has 15 heavy (non-hydrogen) atoms. The molecule has 0 saturated heterocycles. The Kier molecular flexibility index (Phi) is 5.07. The molecule has 1 aromatic carbocycles. The summed E-state index contributed by atoms with van der Waals surface area (Å²) < 4.78 is 1.39. The van der Waals surface area contributed by atoms with Crippen LogP contribution in [-0.4, -0.2) is 20.7 Å². The average molecular weight is 269 g/mol. The SMILES string of the molecule is CC(=O)CC([Se]c1ccccc1)C(C)C. The van der Waals surface area contributed by atoms with E-state index in [1.54, 1.807) is 6.92 Å². The molecular formula is C13H18OSe. The third-order valence-electron chi connectivity index (χ3n) is 2.26. The van der Waals surface area contributed by atoms with E-state index in [2.05, 4.69) is 38.1 Å². The van der Waals surface area contributed by atoms with Gasteiger partial charge in [-0.2, -0.15) is 0 Å². The maximum atomic E-state index is 11.2. The topological polar surface area (TPSA) is 17.1 Å². The van der Waals surface area contributed by atoms with Gasteiger partial charge in [-0.3, -0.25) is 0 Å². The Morgan fingerprint density at radius 3 is 2.33 bits per heavy atom. The third-order valence-corrected chi connectivity index (χ3v) is 5.53. The minimum atomic E-state index is 0.312. The average Bonchev–Trinajstić information content (AvgIpc) is 2.17. The summed E-state index contributed by atoms with van der Waals surface area (Å²) in [6.07, 6.45) is 0.729. The van der Waals surface area contributed by atoms with Crippen LogP contribution in [0.2, 0.25) is 4.82 Å². The molecule has 1 rings (SSSR count). The molecule has 0 aliphatic heterocycles. The van der Waals surface area contributed by atoms with Crippen molar-refractivity contribution >= 4 is 25.2 Å². The first-order valence-electron chi connectivity index (χ1n) is 5.30. The molecule has 0 spiro atoms. The van der Waals surface area contributed by atoms with Crippen LogP contribution >= 0.6 is 0 Å². The maximum absolute atomic E-state index is 11.2. The number of Topliss-reactive ketones (excluding diaryl/α,β-unsaturated/α-hetero) is 1. The van der Waals surface area contributed by atoms with Gasteiger partial charge in [-0.15, -0.1) is 0 Å². The monoisotopic (exact) mass is 270 g/mol. The van der Waals surface area contributed by atoms with Gasteiger partial charge in [0.15, 0.2) is 0 Å². The number of rotatable bonds is 5. The second-order valence-corrected chi connectivity index (χ2v) is 6.87. The summed E-state index contributed by atoms with van der Waals surface area (Å²) in [7, 11) is 0. The molecule has 0 aliphatic carbocycles. The Hall–Kier alpha value is -0.591. The first kappa shape index (κ1) is 12.5. The molecule has 0 amide bonds. The molecule has 2 heteroatoms. The van der Waals surface area contributed by atoms with Crippen LogP contribution in [0.1, 0.15) is 27.2 Å². The van der Waals surface area contributed by atoms with E-state index < -0.39 is 0 Å². The van der Waals surface area contributed by atoms with Crippen LogP contribution in [0.5, 0.6) is 0 Å². The van der Waals surface area contributed by atoms with Crippen LogP contribution in [0.15, 0.2) is 30.3 Å². The van der Waals surface area contributed by atoms with E-state index in [1.807, 2.05) is 6.07 Å². The standard InChI is InChI=1S/C13H18OSe/c1-10(2)13(9-11(3)14)15-12-7-5-4-6-8-12/h4-8,10,13H,9H2,1-3H3. The molecule has 1 atom stereocenters. The molecule has 1 nitrogen and oxygen atoms in total. The molecule has 0 saturated carbocycles. The fourth-order valence-electron chi connectivity index (χ4n) is 1.37. The van der Waals surface area contributed by atoms with Gasteiger partial charge >= 0.3 is 98.3 Å². The molecule has 0 aliphatic rings. The van der Waals surface area contributed by atoms with E-state index >= 15 is 0 Å². The Morgan fingerprint density at radius 1 is 1.27 bits per heavy atom. The summed E-state index contributed by atoms with van der Waals surface area (Å²) in [5.41, 5.74) is 0. The molecule has 1 aromatic rings. The second kappa shape index (κ2) is 6.09. The van der Waals surface area contributed by atoms with Gasteiger partial charge < -0.3 is 0 Å². The van der Waals surface area contributed by atoms with Crippen LogP contribution in [0, 0.1) is 5.92 Å². The van der Waals surface area contributed by atoms with Crippen molar-refractivity contribution in [2.45, 2.75) is 32.0 Å². The summed E-state index contributed by atoms with van der Waals surface area (Å²) in [5, 5.41) is 0. The van der Waals surface area contributed by atoms with Gasteiger partial charge in [-0.05, 0) is 0 Å². The van der Waals surface area contributed by atoms with Crippen LogP contribution in [0.4, 0.5) is 0 Å². The van der Waals surface area contributed by atoms with E-state index in [1.165, 1.54) is 4.46 Å². The Bertz CT molecular complexity index is 306.